The molecule has 2 aromatic carbocycles. The van der Waals surface area contributed by atoms with Crippen molar-refractivity contribution in [2.75, 3.05) is 16.8 Å². The summed E-state index contributed by atoms with van der Waals surface area (Å²) < 4.78 is 0. The van der Waals surface area contributed by atoms with E-state index < -0.39 is 0 Å². The van der Waals surface area contributed by atoms with E-state index in [1.807, 2.05) is 42.3 Å². The van der Waals surface area contributed by atoms with Gasteiger partial charge in [-0.25, -0.2) is 0 Å². The van der Waals surface area contributed by atoms with E-state index >= 15 is 0 Å². The zero-order valence-electron chi connectivity index (χ0n) is 28.4. The first-order valence-electron chi connectivity index (χ1n) is 16.6. The average Bonchev–Trinajstić information content (AvgIpc) is 3.64. The monoisotopic (exact) mass is 657 g/mol. The van der Waals surface area contributed by atoms with Gasteiger partial charge in [0.05, 0.1) is 0 Å². The summed E-state index contributed by atoms with van der Waals surface area (Å²) in [5.41, 5.74) is 11.3. The van der Waals surface area contributed by atoms with Crippen LogP contribution in [0.5, 0.6) is 0 Å². The van der Waals surface area contributed by atoms with Gasteiger partial charge in [0, 0.05) is 39.3 Å². The van der Waals surface area contributed by atoms with Crippen molar-refractivity contribution in [1.82, 2.24) is 0 Å². The summed E-state index contributed by atoms with van der Waals surface area (Å²) in [5, 5.41) is 3.40. The normalized spacial score (nSPS) is 14.7. The van der Waals surface area contributed by atoms with Gasteiger partial charge in [0.15, 0.2) is 0 Å². The number of allylic oxidation sites excluding steroid dienone is 14. The molecular formula is C44H51NS2. The minimum absolute atomic E-state index is 0.215. The third kappa shape index (κ3) is 11.4. The van der Waals surface area contributed by atoms with Crippen LogP contribution in [0.25, 0.3) is 5.57 Å². The Morgan fingerprint density at radius 1 is 1.02 bits per heavy atom. The highest BCUT2D eigenvalue weighted by Crippen LogP contribution is 2.46. The van der Waals surface area contributed by atoms with E-state index in [1.165, 1.54) is 16.7 Å². The van der Waals surface area contributed by atoms with E-state index in [-0.39, 0.29) is 5.41 Å². The van der Waals surface area contributed by atoms with Gasteiger partial charge in [-0.05, 0) is 104 Å². The molecule has 244 valence electrons. The van der Waals surface area contributed by atoms with Crippen LogP contribution in [0.1, 0.15) is 63.1 Å². The molecule has 2 aromatic rings. The molecule has 3 heteroatoms. The molecule has 0 amide bonds. The highest BCUT2D eigenvalue weighted by atomic mass is 32.2. The average molecular weight is 658 g/mol. The highest BCUT2D eigenvalue weighted by Gasteiger charge is 2.36. The second-order valence-corrected chi connectivity index (χ2v) is 12.9. The molecule has 0 aromatic heterocycles. The Labute approximate surface area is 294 Å². The van der Waals surface area contributed by atoms with Crippen LogP contribution < -0.4 is 5.32 Å². The zero-order chi connectivity index (χ0) is 33.7. The SMILES string of the molecule is C=C/C=C\C=C/Nc1ccccc1C/C=C\C(=C/C)c1ccc(C(CC)(CCC/C=C\CSC/C=C\C)C(=C)C2=C=CC=C2)c(S)c1. The van der Waals surface area contributed by atoms with Crippen molar-refractivity contribution >= 4 is 35.7 Å². The summed E-state index contributed by atoms with van der Waals surface area (Å²) in [7, 11) is 0. The van der Waals surface area contributed by atoms with Crippen LogP contribution in [0.15, 0.2) is 169 Å². The van der Waals surface area contributed by atoms with Crippen molar-refractivity contribution in [3.63, 3.8) is 0 Å². The van der Waals surface area contributed by atoms with Crippen molar-refractivity contribution in [2.24, 2.45) is 0 Å². The van der Waals surface area contributed by atoms with E-state index in [4.69, 9.17) is 12.6 Å². The van der Waals surface area contributed by atoms with Gasteiger partial charge in [-0.1, -0.05) is 117 Å². The van der Waals surface area contributed by atoms with Crippen molar-refractivity contribution in [2.45, 2.75) is 63.2 Å². The molecule has 47 heavy (non-hydrogen) atoms. The third-order valence-corrected chi connectivity index (χ3v) is 9.64. The topological polar surface area (TPSA) is 12.0 Å². The summed E-state index contributed by atoms with van der Waals surface area (Å²) >= 11 is 7.07. The Kier molecular flexibility index (Phi) is 16.9. The minimum atomic E-state index is -0.215. The van der Waals surface area contributed by atoms with Crippen LogP contribution in [-0.2, 0) is 11.8 Å². The number of anilines is 1. The number of benzene rings is 2. The number of nitrogens with one attached hydrogen (secondary N) is 1. The van der Waals surface area contributed by atoms with Crippen LogP contribution in [0, 0.1) is 0 Å². The van der Waals surface area contributed by atoms with Gasteiger partial charge in [-0.3, -0.25) is 0 Å². The fourth-order valence-corrected chi connectivity index (χ4v) is 6.94. The lowest BCUT2D eigenvalue weighted by Crippen LogP contribution is -2.29. The lowest BCUT2D eigenvalue weighted by molar-refractivity contribution is 0.433. The van der Waals surface area contributed by atoms with E-state index in [0.717, 1.165) is 70.9 Å². The Morgan fingerprint density at radius 2 is 1.85 bits per heavy atom. The van der Waals surface area contributed by atoms with Crippen molar-refractivity contribution in [1.29, 1.82) is 0 Å². The summed E-state index contributed by atoms with van der Waals surface area (Å²) in [6.45, 7) is 14.8. The quantitative estimate of drug-likeness (QED) is 0.0483. The van der Waals surface area contributed by atoms with E-state index in [9.17, 15) is 0 Å². The maximum absolute atomic E-state index is 5.12. The molecule has 1 nitrogen and oxygen atoms in total. The molecule has 1 aliphatic carbocycles. The summed E-state index contributed by atoms with van der Waals surface area (Å²) in [5.74, 6) is 2.12. The van der Waals surface area contributed by atoms with Gasteiger partial charge in [-0.15, -0.1) is 18.4 Å². The molecule has 0 bridgehead atoms. The van der Waals surface area contributed by atoms with E-state index in [1.54, 1.807) is 6.08 Å². The number of rotatable bonds is 20. The zero-order valence-corrected chi connectivity index (χ0v) is 30.1. The molecule has 0 fully saturated rings. The van der Waals surface area contributed by atoms with Crippen LogP contribution in [0.4, 0.5) is 5.69 Å². The first-order valence-corrected chi connectivity index (χ1v) is 18.2. The number of hydrogen-bond acceptors (Lipinski definition) is 3. The Morgan fingerprint density at radius 3 is 2.57 bits per heavy atom. The molecular weight excluding hydrogens is 607 g/mol. The predicted octanol–water partition coefficient (Wildman–Crippen LogP) is 12.7. The minimum Gasteiger partial charge on any atom is -0.361 e. The summed E-state index contributed by atoms with van der Waals surface area (Å²) in [6.07, 6.45) is 36.2. The molecule has 1 atom stereocenters. The lowest BCUT2D eigenvalue weighted by Gasteiger charge is -2.37. The van der Waals surface area contributed by atoms with Crippen LogP contribution in [0.2, 0.25) is 0 Å². The molecule has 0 spiro atoms. The van der Waals surface area contributed by atoms with Gasteiger partial charge >= 0.3 is 0 Å². The van der Waals surface area contributed by atoms with Crippen LogP contribution in [-0.4, -0.2) is 11.5 Å². The number of thioether (sulfide) groups is 1. The molecule has 0 radical (unpaired) electrons. The lowest BCUT2D eigenvalue weighted by atomic mass is 9.67. The Hall–Kier alpha value is -3.88. The fraction of sp³-hybridized carbons (Fsp3) is 0.250. The Bertz CT molecular complexity index is 1620. The number of unbranched alkanes of at least 4 members (excludes halogenated alkanes) is 1. The molecule has 1 unspecified atom stereocenters. The summed E-state index contributed by atoms with van der Waals surface area (Å²) in [4.78, 5) is 1.01. The van der Waals surface area contributed by atoms with Crippen molar-refractivity contribution < 1.29 is 0 Å². The van der Waals surface area contributed by atoms with Crippen LogP contribution in [0.3, 0.4) is 0 Å². The second kappa shape index (κ2) is 21.1. The molecule has 1 N–H and O–H groups in total. The number of para-hydroxylation sites is 1. The molecule has 0 saturated heterocycles. The smallest absolute Gasteiger partial charge is 0.0415 e. The largest absolute Gasteiger partial charge is 0.361 e. The fourth-order valence-electron chi connectivity index (χ4n) is 5.78. The maximum atomic E-state index is 5.12. The Balaban J connectivity index is 1.79. The van der Waals surface area contributed by atoms with Crippen molar-refractivity contribution in [3.05, 3.63) is 180 Å². The third-order valence-electron chi connectivity index (χ3n) is 8.41. The van der Waals surface area contributed by atoms with Gasteiger partial charge in [0.1, 0.15) is 0 Å². The number of thiol groups is 1. The molecule has 0 aliphatic heterocycles. The molecule has 0 heterocycles. The van der Waals surface area contributed by atoms with E-state index in [0.29, 0.717) is 0 Å². The molecule has 1 aliphatic rings. The van der Waals surface area contributed by atoms with Crippen molar-refractivity contribution in [3.8, 4) is 0 Å². The van der Waals surface area contributed by atoms with Gasteiger partial charge < -0.3 is 5.32 Å². The van der Waals surface area contributed by atoms with Gasteiger partial charge in [0.25, 0.3) is 0 Å². The van der Waals surface area contributed by atoms with Crippen LogP contribution >= 0.6 is 24.4 Å². The second-order valence-electron chi connectivity index (χ2n) is 11.3. The standard InChI is InChI=1S/C44H51NS2/c1-6-10-12-20-32-45-42-28-18-17-25-39(42)27-22-26-37(8-3)40-29-30-41(43(46)35-40)44(9-4,36(5)38-23-15-16-24-38)31-19-13-14-21-34-47-33-11-7-2/h6-8,10-12,14-18,20-23,25-26,28-30,32,35,45-46H,1,5,9,13,19,27,31,33-34H2,2-4H3/b11-7-,12-10-,21-14-,26-22-,32-20-,37-8+. The highest BCUT2D eigenvalue weighted by molar-refractivity contribution is 7.99. The maximum Gasteiger partial charge on any atom is 0.0415 e. The number of hydrogen-bond donors (Lipinski definition) is 2. The molecule has 3 rings (SSSR count). The predicted molar refractivity (Wildman–Crippen MR) is 216 cm³/mol. The first-order chi connectivity index (χ1) is 23.0. The van der Waals surface area contributed by atoms with E-state index in [2.05, 4.69) is 142 Å². The van der Waals surface area contributed by atoms with Gasteiger partial charge in [0.2, 0.25) is 0 Å². The van der Waals surface area contributed by atoms with Gasteiger partial charge in [-0.2, -0.15) is 11.8 Å². The molecule has 0 saturated carbocycles. The summed E-state index contributed by atoms with van der Waals surface area (Å²) in [6, 6.07) is 15.2. The first kappa shape index (κ1) is 37.6.